The van der Waals surface area contributed by atoms with E-state index in [0.29, 0.717) is 0 Å². The van der Waals surface area contributed by atoms with E-state index in [9.17, 15) is 0 Å². The predicted molar refractivity (Wildman–Crippen MR) is 85.4 cm³/mol. The lowest BCUT2D eigenvalue weighted by Gasteiger charge is -2.34. The number of piperidine rings is 1. The van der Waals surface area contributed by atoms with Crippen LogP contribution in [0.3, 0.4) is 0 Å². The van der Waals surface area contributed by atoms with Crippen molar-refractivity contribution in [2.45, 2.75) is 32.2 Å². The first-order valence-corrected chi connectivity index (χ1v) is 8.29. The molecule has 2 saturated heterocycles. The van der Waals surface area contributed by atoms with Gasteiger partial charge in [-0.2, -0.15) is 5.10 Å². The Morgan fingerprint density at radius 1 is 1.10 bits per heavy atom. The van der Waals surface area contributed by atoms with E-state index in [0.717, 1.165) is 37.1 Å². The van der Waals surface area contributed by atoms with E-state index in [1.54, 1.807) is 0 Å². The summed E-state index contributed by atoms with van der Waals surface area (Å²) in [5.74, 6) is 1.91. The van der Waals surface area contributed by atoms with Crippen LogP contribution in [0.4, 0.5) is 5.82 Å². The Kier molecular flexibility index (Phi) is 5.04. The van der Waals surface area contributed by atoms with Crippen molar-refractivity contribution in [2.75, 3.05) is 44.7 Å². The lowest BCUT2D eigenvalue weighted by Crippen LogP contribution is -2.38. The molecule has 5 heteroatoms. The molecule has 3 heterocycles. The van der Waals surface area contributed by atoms with Crippen LogP contribution in [0.1, 0.15) is 31.4 Å². The molecular weight excluding hydrogens is 262 g/mol. The van der Waals surface area contributed by atoms with Crippen molar-refractivity contribution < 1.29 is 0 Å². The van der Waals surface area contributed by atoms with Gasteiger partial charge in [-0.15, -0.1) is 5.10 Å². The molecule has 3 rings (SSSR count). The lowest BCUT2D eigenvalue weighted by atomic mass is 9.96. The fourth-order valence-electron chi connectivity index (χ4n) is 3.47. The van der Waals surface area contributed by atoms with Crippen molar-refractivity contribution in [3.63, 3.8) is 0 Å². The fourth-order valence-corrected chi connectivity index (χ4v) is 3.47. The van der Waals surface area contributed by atoms with Crippen LogP contribution in [0.15, 0.2) is 12.1 Å². The Morgan fingerprint density at radius 2 is 1.86 bits per heavy atom. The summed E-state index contributed by atoms with van der Waals surface area (Å²) in [6.07, 6.45) is 5.37. The van der Waals surface area contributed by atoms with Crippen LogP contribution < -0.4 is 10.2 Å². The average Bonchev–Trinajstić information content (AvgIpc) is 3.02. The zero-order chi connectivity index (χ0) is 14.5. The predicted octanol–water partition coefficient (Wildman–Crippen LogP) is 1.51. The number of nitrogens with one attached hydrogen (secondary N) is 1. The molecule has 0 aromatic carbocycles. The van der Waals surface area contributed by atoms with Gasteiger partial charge in [0.05, 0.1) is 5.69 Å². The van der Waals surface area contributed by atoms with Gasteiger partial charge >= 0.3 is 0 Å². The zero-order valence-corrected chi connectivity index (χ0v) is 13.1. The summed E-state index contributed by atoms with van der Waals surface area (Å²) >= 11 is 0. The SMILES string of the molecule is CNCc1ccc(N2CCC(CN3CCCC3)CC2)nn1. The molecule has 0 amide bonds. The molecular formula is C16H27N5. The summed E-state index contributed by atoms with van der Waals surface area (Å²) in [5.41, 5.74) is 1.00. The van der Waals surface area contributed by atoms with Gasteiger partial charge in [-0.1, -0.05) is 0 Å². The second-order valence-corrected chi connectivity index (χ2v) is 6.35. The largest absolute Gasteiger partial charge is 0.355 e. The van der Waals surface area contributed by atoms with Gasteiger partial charge in [0, 0.05) is 26.2 Å². The molecule has 1 aromatic heterocycles. The quantitative estimate of drug-likeness (QED) is 0.890. The van der Waals surface area contributed by atoms with Crippen LogP contribution in [-0.4, -0.2) is 54.9 Å². The van der Waals surface area contributed by atoms with Crippen LogP contribution in [0.2, 0.25) is 0 Å². The molecule has 0 aliphatic carbocycles. The van der Waals surface area contributed by atoms with Crippen molar-refractivity contribution in [1.29, 1.82) is 0 Å². The Labute approximate surface area is 127 Å². The van der Waals surface area contributed by atoms with Gasteiger partial charge in [0.25, 0.3) is 0 Å². The Morgan fingerprint density at radius 3 is 2.48 bits per heavy atom. The molecule has 0 unspecified atom stereocenters. The minimum Gasteiger partial charge on any atom is -0.355 e. The first kappa shape index (κ1) is 14.7. The van der Waals surface area contributed by atoms with E-state index in [4.69, 9.17) is 0 Å². The minimum absolute atomic E-state index is 0.783. The van der Waals surface area contributed by atoms with Gasteiger partial charge in [0.1, 0.15) is 0 Å². The number of likely N-dealkylation sites (tertiary alicyclic amines) is 1. The second kappa shape index (κ2) is 7.18. The third-order valence-electron chi connectivity index (χ3n) is 4.72. The molecule has 21 heavy (non-hydrogen) atoms. The van der Waals surface area contributed by atoms with Gasteiger partial charge in [-0.25, -0.2) is 0 Å². The summed E-state index contributed by atoms with van der Waals surface area (Å²) in [4.78, 5) is 5.03. The molecule has 5 nitrogen and oxygen atoms in total. The van der Waals surface area contributed by atoms with E-state index >= 15 is 0 Å². The summed E-state index contributed by atoms with van der Waals surface area (Å²) in [7, 11) is 1.93. The highest BCUT2D eigenvalue weighted by atomic mass is 15.3. The maximum absolute atomic E-state index is 4.37. The second-order valence-electron chi connectivity index (χ2n) is 6.35. The number of rotatable bonds is 5. The minimum atomic E-state index is 0.783. The highest BCUT2D eigenvalue weighted by Crippen LogP contribution is 2.23. The smallest absolute Gasteiger partial charge is 0.151 e. The molecule has 116 valence electrons. The summed E-state index contributed by atoms with van der Waals surface area (Å²) in [6.45, 7) is 6.97. The van der Waals surface area contributed by atoms with Gasteiger partial charge in [0.2, 0.25) is 0 Å². The highest BCUT2D eigenvalue weighted by Gasteiger charge is 2.23. The Balaban J connectivity index is 1.48. The van der Waals surface area contributed by atoms with Crippen molar-refractivity contribution in [2.24, 2.45) is 5.92 Å². The van der Waals surface area contributed by atoms with Crippen LogP contribution in [-0.2, 0) is 6.54 Å². The monoisotopic (exact) mass is 289 g/mol. The van der Waals surface area contributed by atoms with Crippen LogP contribution in [0.5, 0.6) is 0 Å². The van der Waals surface area contributed by atoms with E-state index < -0.39 is 0 Å². The number of nitrogens with zero attached hydrogens (tertiary/aromatic N) is 4. The summed E-state index contributed by atoms with van der Waals surface area (Å²) < 4.78 is 0. The fraction of sp³-hybridized carbons (Fsp3) is 0.750. The normalized spacial score (nSPS) is 21.1. The average molecular weight is 289 g/mol. The molecule has 1 aromatic rings. The van der Waals surface area contributed by atoms with Crippen molar-refractivity contribution >= 4 is 5.82 Å². The number of anilines is 1. The molecule has 0 saturated carbocycles. The molecule has 0 bridgehead atoms. The zero-order valence-electron chi connectivity index (χ0n) is 13.1. The van der Waals surface area contributed by atoms with Crippen LogP contribution in [0, 0.1) is 5.92 Å². The molecule has 1 N–H and O–H groups in total. The molecule has 2 aliphatic rings. The summed E-state index contributed by atoms with van der Waals surface area (Å²) in [6, 6.07) is 4.19. The third kappa shape index (κ3) is 3.92. The lowest BCUT2D eigenvalue weighted by molar-refractivity contribution is 0.249. The molecule has 0 radical (unpaired) electrons. The van der Waals surface area contributed by atoms with Crippen LogP contribution in [0.25, 0.3) is 0 Å². The van der Waals surface area contributed by atoms with Gasteiger partial charge in [-0.05, 0) is 63.9 Å². The Bertz CT molecular complexity index is 419. The van der Waals surface area contributed by atoms with Gasteiger partial charge < -0.3 is 15.1 Å². The van der Waals surface area contributed by atoms with Crippen molar-refractivity contribution in [3.8, 4) is 0 Å². The molecule has 0 spiro atoms. The van der Waals surface area contributed by atoms with Crippen LogP contribution >= 0.6 is 0 Å². The van der Waals surface area contributed by atoms with E-state index in [1.165, 1.54) is 45.3 Å². The highest BCUT2D eigenvalue weighted by molar-refractivity contribution is 5.37. The molecule has 2 fully saturated rings. The number of aromatic nitrogens is 2. The summed E-state index contributed by atoms with van der Waals surface area (Å²) in [5, 5.41) is 11.8. The van der Waals surface area contributed by atoms with Crippen molar-refractivity contribution in [1.82, 2.24) is 20.4 Å². The van der Waals surface area contributed by atoms with E-state index in [-0.39, 0.29) is 0 Å². The molecule has 2 aliphatic heterocycles. The number of hydrogen-bond donors (Lipinski definition) is 1. The third-order valence-corrected chi connectivity index (χ3v) is 4.72. The molecule has 0 atom stereocenters. The van der Waals surface area contributed by atoms with E-state index in [2.05, 4.69) is 37.4 Å². The van der Waals surface area contributed by atoms with Crippen molar-refractivity contribution in [3.05, 3.63) is 17.8 Å². The standard InChI is InChI=1S/C16H27N5/c1-17-12-15-4-5-16(19-18-15)21-10-6-14(7-11-21)13-20-8-2-3-9-20/h4-5,14,17H,2-3,6-13H2,1H3. The Hall–Kier alpha value is -1.20. The maximum atomic E-state index is 4.37. The topological polar surface area (TPSA) is 44.3 Å². The first-order chi connectivity index (χ1) is 10.3. The van der Waals surface area contributed by atoms with Gasteiger partial charge in [0.15, 0.2) is 5.82 Å². The number of hydrogen-bond acceptors (Lipinski definition) is 5. The van der Waals surface area contributed by atoms with E-state index in [1.807, 2.05) is 7.05 Å². The first-order valence-electron chi connectivity index (χ1n) is 8.29. The maximum Gasteiger partial charge on any atom is 0.151 e. The van der Waals surface area contributed by atoms with Gasteiger partial charge in [-0.3, -0.25) is 0 Å².